The molecule has 0 bridgehead atoms. The van der Waals surface area contributed by atoms with Crippen LogP contribution >= 0.6 is 12.4 Å². The van der Waals surface area contributed by atoms with Gasteiger partial charge in [0, 0.05) is 18.9 Å². The molecular formula is C15H17ClN2O2. The monoisotopic (exact) mass is 292 g/mol. The first-order chi connectivity index (χ1) is 9.22. The second kappa shape index (κ2) is 6.09. The van der Waals surface area contributed by atoms with Crippen molar-refractivity contribution in [2.75, 3.05) is 0 Å². The minimum atomic E-state index is -0.673. The number of aryl methyl sites for hydroxylation is 1. The van der Waals surface area contributed by atoms with Crippen LogP contribution in [0.1, 0.15) is 23.1 Å². The van der Waals surface area contributed by atoms with Gasteiger partial charge in [0.05, 0.1) is 12.2 Å². The SMILES string of the molecule is Cl.O=C(O)C1CCc2cc(Cn3ccnc3)ccc2C1. The molecular weight excluding hydrogens is 276 g/mol. The van der Waals surface area contributed by atoms with Gasteiger partial charge in [-0.05, 0) is 36.0 Å². The summed E-state index contributed by atoms with van der Waals surface area (Å²) in [6.07, 6.45) is 7.80. The van der Waals surface area contributed by atoms with Gasteiger partial charge in [0.1, 0.15) is 0 Å². The van der Waals surface area contributed by atoms with Crippen LogP contribution in [0.25, 0.3) is 0 Å². The summed E-state index contributed by atoms with van der Waals surface area (Å²) < 4.78 is 2.03. The smallest absolute Gasteiger partial charge is 0.306 e. The fourth-order valence-electron chi connectivity index (χ4n) is 2.71. The third-order valence-electron chi connectivity index (χ3n) is 3.77. The number of fused-ring (bicyclic) bond motifs is 1. The van der Waals surface area contributed by atoms with Gasteiger partial charge in [-0.15, -0.1) is 12.4 Å². The molecule has 5 heteroatoms. The molecule has 4 nitrogen and oxygen atoms in total. The van der Waals surface area contributed by atoms with Gasteiger partial charge in [-0.2, -0.15) is 0 Å². The van der Waals surface area contributed by atoms with Crippen LogP contribution in [-0.4, -0.2) is 20.6 Å². The van der Waals surface area contributed by atoms with Crippen molar-refractivity contribution in [2.24, 2.45) is 5.92 Å². The van der Waals surface area contributed by atoms with Crippen molar-refractivity contribution in [1.29, 1.82) is 0 Å². The Morgan fingerprint density at radius 3 is 2.95 bits per heavy atom. The van der Waals surface area contributed by atoms with Gasteiger partial charge in [0.2, 0.25) is 0 Å². The summed E-state index contributed by atoms with van der Waals surface area (Å²) in [4.78, 5) is 15.1. The van der Waals surface area contributed by atoms with Crippen LogP contribution in [0, 0.1) is 5.92 Å². The lowest BCUT2D eigenvalue weighted by atomic mass is 9.83. The highest BCUT2D eigenvalue weighted by Crippen LogP contribution is 2.26. The summed E-state index contributed by atoms with van der Waals surface area (Å²) in [5.74, 6) is -0.889. The Kier molecular flexibility index (Phi) is 4.45. The molecule has 20 heavy (non-hydrogen) atoms. The zero-order valence-corrected chi connectivity index (χ0v) is 11.8. The summed E-state index contributed by atoms with van der Waals surface area (Å²) in [5, 5.41) is 9.08. The number of carboxylic acid groups (broad SMARTS) is 1. The van der Waals surface area contributed by atoms with Crippen LogP contribution in [0.2, 0.25) is 0 Å². The molecule has 0 spiro atoms. The van der Waals surface area contributed by atoms with Crippen molar-refractivity contribution in [3.05, 3.63) is 53.6 Å². The predicted octanol–water partition coefficient (Wildman–Crippen LogP) is 2.54. The van der Waals surface area contributed by atoms with E-state index in [9.17, 15) is 4.79 Å². The van der Waals surface area contributed by atoms with Crippen LogP contribution in [0.4, 0.5) is 0 Å². The number of aliphatic carboxylic acids is 1. The maximum absolute atomic E-state index is 11.0. The zero-order chi connectivity index (χ0) is 13.2. The predicted molar refractivity (Wildman–Crippen MR) is 78.2 cm³/mol. The molecule has 3 rings (SSSR count). The largest absolute Gasteiger partial charge is 0.481 e. The maximum atomic E-state index is 11.0. The number of imidazole rings is 1. The number of rotatable bonds is 3. The summed E-state index contributed by atoms with van der Waals surface area (Å²) in [5.41, 5.74) is 3.73. The summed E-state index contributed by atoms with van der Waals surface area (Å²) in [7, 11) is 0. The molecule has 0 radical (unpaired) electrons. The van der Waals surface area contributed by atoms with E-state index in [1.165, 1.54) is 16.7 Å². The van der Waals surface area contributed by atoms with Gasteiger partial charge in [-0.1, -0.05) is 18.2 Å². The third kappa shape index (κ3) is 3.02. The second-order valence-corrected chi connectivity index (χ2v) is 5.12. The van der Waals surface area contributed by atoms with Gasteiger partial charge < -0.3 is 9.67 Å². The Hall–Kier alpha value is -1.81. The van der Waals surface area contributed by atoms with E-state index in [2.05, 4.69) is 23.2 Å². The van der Waals surface area contributed by atoms with E-state index in [0.717, 1.165) is 19.4 Å². The van der Waals surface area contributed by atoms with E-state index in [4.69, 9.17) is 5.11 Å². The van der Waals surface area contributed by atoms with Crippen LogP contribution < -0.4 is 0 Å². The lowest BCUT2D eigenvalue weighted by Crippen LogP contribution is -2.22. The maximum Gasteiger partial charge on any atom is 0.306 e. The number of carboxylic acids is 1. The average Bonchev–Trinajstić information content (AvgIpc) is 2.91. The topological polar surface area (TPSA) is 55.1 Å². The molecule has 1 aliphatic carbocycles. The van der Waals surface area contributed by atoms with E-state index in [0.29, 0.717) is 6.42 Å². The lowest BCUT2D eigenvalue weighted by Gasteiger charge is -2.22. The number of aromatic nitrogens is 2. The van der Waals surface area contributed by atoms with Crippen molar-refractivity contribution < 1.29 is 9.90 Å². The highest BCUT2D eigenvalue weighted by molar-refractivity contribution is 5.85. The van der Waals surface area contributed by atoms with Gasteiger partial charge in [0.15, 0.2) is 0 Å². The van der Waals surface area contributed by atoms with Crippen molar-refractivity contribution >= 4 is 18.4 Å². The second-order valence-electron chi connectivity index (χ2n) is 5.12. The third-order valence-corrected chi connectivity index (χ3v) is 3.77. The molecule has 106 valence electrons. The Labute approximate surface area is 123 Å². The molecule has 0 saturated carbocycles. The molecule has 1 aliphatic rings. The van der Waals surface area contributed by atoms with Gasteiger partial charge in [-0.25, -0.2) is 4.98 Å². The van der Waals surface area contributed by atoms with E-state index < -0.39 is 5.97 Å². The molecule has 1 heterocycles. The molecule has 1 aromatic carbocycles. The molecule has 1 aromatic heterocycles. The Morgan fingerprint density at radius 1 is 1.40 bits per heavy atom. The highest BCUT2D eigenvalue weighted by atomic mass is 35.5. The van der Waals surface area contributed by atoms with Gasteiger partial charge >= 0.3 is 5.97 Å². The quantitative estimate of drug-likeness (QED) is 0.946. The number of nitrogens with zero attached hydrogens (tertiary/aromatic N) is 2. The minimum Gasteiger partial charge on any atom is -0.481 e. The van der Waals surface area contributed by atoms with Crippen LogP contribution in [0.5, 0.6) is 0 Å². The van der Waals surface area contributed by atoms with Crippen LogP contribution in [0.3, 0.4) is 0 Å². The number of carbonyl (C=O) groups is 1. The van der Waals surface area contributed by atoms with Crippen molar-refractivity contribution in [3.8, 4) is 0 Å². The van der Waals surface area contributed by atoms with E-state index >= 15 is 0 Å². The van der Waals surface area contributed by atoms with E-state index in [-0.39, 0.29) is 18.3 Å². The first-order valence-corrected chi connectivity index (χ1v) is 6.51. The number of hydrogen-bond acceptors (Lipinski definition) is 2. The Morgan fingerprint density at radius 2 is 2.25 bits per heavy atom. The molecule has 0 fully saturated rings. The first kappa shape index (κ1) is 14.6. The lowest BCUT2D eigenvalue weighted by molar-refractivity contribution is -0.142. The molecule has 0 aliphatic heterocycles. The van der Waals surface area contributed by atoms with Gasteiger partial charge in [0.25, 0.3) is 0 Å². The summed E-state index contributed by atoms with van der Waals surface area (Å²) in [6, 6.07) is 6.37. The minimum absolute atomic E-state index is 0. The van der Waals surface area contributed by atoms with Gasteiger partial charge in [-0.3, -0.25) is 4.79 Å². The molecule has 0 amide bonds. The fraction of sp³-hybridized carbons (Fsp3) is 0.333. The average molecular weight is 293 g/mol. The number of halogens is 1. The standard InChI is InChI=1S/C15H16N2O2.ClH/c18-15(19)14-4-3-12-7-11(1-2-13(12)8-14)9-17-6-5-16-10-17;/h1-2,5-7,10,14H,3-4,8-9H2,(H,18,19);1H. The van der Waals surface area contributed by atoms with Crippen molar-refractivity contribution in [3.63, 3.8) is 0 Å². The van der Waals surface area contributed by atoms with E-state index in [1.807, 2.05) is 10.8 Å². The number of hydrogen-bond donors (Lipinski definition) is 1. The van der Waals surface area contributed by atoms with Crippen molar-refractivity contribution in [2.45, 2.75) is 25.8 Å². The normalized spacial score (nSPS) is 17.1. The van der Waals surface area contributed by atoms with Crippen molar-refractivity contribution in [1.82, 2.24) is 9.55 Å². The summed E-state index contributed by atoms with van der Waals surface area (Å²) >= 11 is 0. The molecule has 1 atom stereocenters. The highest BCUT2D eigenvalue weighted by Gasteiger charge is 2.24. The molecule has 0 saturated heterocycles. The van der Waals surface area contributed by atoms with Crippen LogP contribution in [-0.2, 0) is 24.2 Å². The van der Waals surface area contributed by atoms with E-state index in [1.54, 1.807) is 12.5 Å². The summed E-state index contributed by atoms with van der Waals surface area (Å²) in [6.45, 7) is 0.815. The first-order valence-electron chi connectivity index (χ1n) is 6.51. The number of benzene rings is 1. The zero-order valence-electron chi connectivity index (χ0n) is 11.0. The fourth-order valence-corrected chi connectivity index (χ4v) is 2.71. The molecule has 1 N–H and O–H groups in total. The molecule has 1 unspecified atom stereocenters. The molecule has 2 aromatic rings. The Bertz CT molecular complexity index is 596. The Balaban J connectivity index is 0.00000147. The van der Waals surface area contributed by atoms with Crippen LogP contribution in [0.15, 0.2) is 36.9 Å².